The smallest absolute Gasteiger partial charge is 0.239 e. The van der Waals surface area contributed by atoms with Crippen LogP contribution in [0.15, 0.2) is 24.3 Å². The van der Waals surface area contributed by atoms with Crippen molar-refractivity contribution in [1.82, 2.24) is 5.32 Å². The van der Waals surface area contributed by atoms with Crippen molar-refractivity contribution in [1.29, 1.82) is 0 Å². The number of carbonyl (C=O) groups excluding carboxylic acids is 1. The quantitative estimate of drug-likeness (QED) is 0.665. The number of nitrogens with one attached hydrogen (secondary N) is 2. The molecule has 5 fully saturated rings. The van der Waals surface area contributed by atoms with Crippen LogP contribution in [0.1, 0.15) is 58.3 Å². The van der Waals surface area contributed by atoms with Gasteiger partial charge < -0.3 is 20.1 Å². The summed E-state index contributed by atoms with van der Waals surface area (Å²) in [6, 6.07) is 8.12. The maximum atomic E-state index is 12.7. The molecule has 6 rings (SSSR count). The van der Waals surface area contributed by atoms with Gasteiger partial charge in [0.2, 0.25) is 5.91 Å². The highest BCUT2D eigenvalue weighted by Crippen LogP contribution is 2.61. The number of amides is 1. The molecule has 4 bridgehead atoms. The van der Waals surface area contributed by atoms with Crippen LogP contribution in [0, 0.1) is 23.2 Å². The molecule has 4 saturated carbocycles. The summed E-state index contributed by atoms with van der Waals surface area (Å²) in [5.41, 5.74) is 1.26. The third-order valence-electron chi connectivity index (χ3n) is 8.13. The zero-order chi connectivity index (χ0) is 20.6. The second kappa shape index (κ2) is 8.41. The van der Waals surface area contributed by atoms with E-state index in [0.717, 1.165) is 48.6 Å². The van der Waals surface area contributed by atoms with Gasteiger partial charge in [-0.25, -0.2) is 0 Å². The maximum absolute atomic E-state index is 12.7. The van der Waals surface area contributed by atoms with Gasteiger partial charge in [0.15, 0.2) is 0 Å². The van der Waals surface area contributed by atoms with E-state index in [2.05, 4.69) is 17.6 Å². The van der Waals surface area contributed by atoms with Gasteiger partial charge in [0.25, 0.3) is 0 Å². The highest BCUT2D eigenvalue weighted by molar-refractivity contribution is 5.81. The van der Waals surface area contributed by atoms with Gasteiger partial charge in [-0.15, -0.1) is 0 Å². The molecule has 0 radical (unpaired) electrons. The van der Waals surface area contributed by atoms with Crippen molar-refractivity contribution in [2.24, 2.45) is 23.2 Å². The standard InChI is InChI=1S/C25H36N2O3/c1-17(25-12-18-8-19(13-25)10-20(9-18)14-25)27-24(28)15-26-21-4-2-5-22(11-21)30-16-23-6-3-7-29-23/h2,4-5,11,17-20,23,26H,3,6-10,12-16H2,1H3,(H,27,28)/t17-,18?,19?,20?,23-,25?/m0/s1. The Hall–Kier alpha value is -1.75. The number of ether oxygens (including phenoxy) is 2. The average molecular weight is 413 g/mol. The molecule has 1 heterocycles. The third kappa shape index (κ3) is 4.32. The summed E-state index contributed by atoms with van der Waals surface area (Å²) >= 11 is 0. The number of hydrogen-bond acceptors (Lipinski definition) is 4. The van der Waals surface area contributed by atoms with Gasteiger partial charge in [0, 0.05) is 24.4 Å². The van der Waals surface area contributed by atoms with Crippen LogP contribution >= 0.6 is 0 Å². The van der Waals surface area contributed by atoms with Gasteiger partial charge in [0.1, 0.15) is 12.4 Å². The monoisotopic (exact) mass is 412 g/mol. The molecule has 5 aliphatic rings. The summed E-state index contributed by atoms with van der Waals surface area (Å²) in [4.78, 5) is 12.7. The van der Waals surface area contributed by atoms with E-state index in [1.54, 1.807) is 0 Å². The fourth-order valence-corrected chi connectivity index (χ4v) is 7.00. The fraction of sp³-hybridized carbons (Fsp3) is 0.720. The predicted octanol–water partition coefficient (Wildman–Crippen LogP) is 4.38. The Morgan fingerprint density at radius 1 is 1.20 bits per heavy atom. The molecule has 0 aromatic heterocycles. The topological polar surface area (TPSA) is 59.6 Å². The second-order valence-electron chi connectivity index (χ2n) is 10.4. The fourth-order valence-electron chi connectivity index (χ4n) is 7.00. The Labute approximate surface area is 180 Å². The molecular formula is C25H36N2O3. The van der Waals surface area contributed by atoms with Crippen LogP contribution < -0.4 is 15.4 Å². The molecule has 2 atom stereocenters. The Morgan fingerprint density at radius 2 is 1.93 bits per heavy atom. The second-order valence-corrected chi connectivity index (χ2v) is 10.4. The van der Waals surface area contributed by atoms with Crippen LogP contribution in [0.25, 0.3) is 0 Å². The molecule has 164 valence electrons. The number of carbonyl (C=O) groups is 1. The molecule has 1 amide bonds. The van der Waals surface area contributed by atoms with E-state index < -0.39 is 0 Å². The van der Waals surface area contributed by atoms with Crippen molar-refractivity contribution in [2.45, 2.75) is 70.4 Å². The highest BCUT2D eigenvalue weighted by Gasteiger charge is 2.53. The first-order valence-corrected chi connectivity index (χ1v) is 12.0. The van der Waals surface area contributed by atoms with Crippen molar-refractivity contribution in [2.75, 3.05) is 25.1 Å². The SMILES string of the molecule is C[C@H](NC(=O)CNc1cccc(OC[C@@H]2CCCO2)c1)C12CC3CC(CC(C3)C1)C2. The van der Waals surface area contributed by atoms with Gasteiger partial charge in [-0.05, 0) is 93.6 Å². The summed E-state index contributed by atoms with van der Waals surface area (Å²) in [5, 5.41) is 6.60. The van der Waals surface area contributed by atoms with Crippen molar-refractivity contribution >= 4 is 11.6 Å². The number of rotatable bonds is 8. The molecular weight excluding hydrogens is 376 g/mol. The predicted molar refractivity (Wildman–Crippen MR) is 118 cm³/mol. The Kier molecular flexibility index (Phi) is 5.65. The van der Waals surface area contributed by atoms with Crippen LogP contribution in [-0.2, 0) is 9.53 Å². The number of benzene rings is 1. The van der Waals surface area contributed by atoms with Crippen LogP contribution in [0.2, 0.25) is 0 Å². The lowest BCUT2D eigenvalue weighted by Crippen LogP contribution is -2.56. The summed E-state index contributed by atoms with van der Waals surface area (Å²) in [7, 11) is 0. The molecule has 2 N–H and O–H groups in total. The Morgan fingerprint density at radius 3 is 2.60 bits per heavy atom. The molecule has 5 nitrogen and oxygen atoms in total. The number of anilines is 1. The van der Waals surface area contributed by atoms with E-state index >= 15 is 0 Å². The largest absolute Gasteiger partial charge is 0.491 e. The zero-order valence-electron chi connectivity index (χ0n) is 18.2. The summed E-state index contributed by atoms with van der Waals surface area (Å²) in [5.74, 6) is 3.63. The normalized spacial score (nSPS) is 35.2. The van der Waals surface area contributed by atoms with Crippen LogP contribution in [0.5, 0.6) is 5.75 Å². The molecule has 0 spiro atoms. The van der Waals surface area contributed by atoms with Crippen LogP contribution in [0.3, 0.4) is 0 Å². The minimum atomic E-state index is 0.0870. The summed E-state index contributed by atoms with van der Waals surface area (Å²) < 4.78 is 11.5. The molecule has 1 aromatic carbocycles. The first-order chi connectivity index (χ1) is 14.6. The minimum Gasteiger partial charge on any atom is -0.491 e. The minimum absolute atomic E-state index is 0.0870. The van der Waals surface area contributed by atoms with Crippen molar-refractivity contribution in [3.8, 4) is 5.75 Å². The van der Waals surface area contributed by atoms with Gasteiger partial charge in [-0.1, -0.05) is 6.07 Å². The lowest BCUT2D eigenvalue weighted by atomic mass is 9.48. The van der Waals surface area contributed by atoms with Crippen LogP contribution in [-0.4, -0.2) is 37.8 Å². The van der Waals surface area contributed by atoms with E-state index in [1.165, 1.54) is 38.5 Å². The molecule has 0 unspecified atom stereocenters. The molecule has 1 aromatic rings. The Bertz CT molecular complexity index is 723. The average Bonchev–Trinajstić information content (AvgIpc) is 3.24. The first-order valence-electron chi connectivity index (χ1n) is 12.0. The molecule has 4 aliphatic carbocycles. The van der Waals surface area contributed by atoms with Crippen molar-refractivity contribution < 1.29 is 14.3 Å². The van der Waals surface area contributed by atoms with Crippen molar-refractivity contribution in [3.63, 3.8) is 0 Å². The molecule has 5 heteroatoms. The van der Waals surface area contributed by atoms with Gasteiger partial charge >= 0.3 is 0 Å². The molecule has 1 saturated heterocycles. The maximum Gasteiger partial charge on any atom is 0.239 e. The molecule has 1 aliphatic heterocycles. The van der Waals surface area contributed by atoms with Gasteiger partial charge in [-0.2, -0.15) is 0 Å². The number of hydrogen-bond donors (Lipinski definition) is 2. The van der Waals surface area contributed by atoms with Gasteiger partial charge in [-0.3, -0.25) is 4.79 Å². The summed E-state index contributed by atoms with van der Waals surface area (Å²) in [6.45, 7) is 3.97. The highest BCUT2D eigenvalue weighted by atomic mass is 16.5. The third-order valence-corrected chi connectivity index (χ3v) is 8.13. The van der Waals surface area contributed by atoms with Crippen LogP contribution in [0.4, 0.5) is 5.69 Å². The van der Waals surface area contributed by atoms with Gasteiger partial charge in [0.05, 0.1) is 12.6 Å². The van der Waals surface area contributed by atoms with E-state index in [-0.39, 0.29) is 18.1 Å². The lowest BCUT2D eigenvalue weighted by molar-refractivity contribution is -0.124. The summed E-state index contributed by atoms with van der Waals surface area (Å²) in [6.07, 6.45) is 10.7. The van der Waals surface area contributed by atoms with E-state index in [0.29, 0.717) is 18.6 Å². The molecule has 30 heavy (non-hydrogen) atoms. The van der Waals surface area contributed by atoms with E-state index in [1.807, 2.05) is 24.3 Å². The van der Waals surface area contributed by atoms with E-state index in [9.17, 15) is 4.79 Å². The lowest BCUT2D eigenvalue weighted by Gasteiger charge is -2.59. The van der Waals surface area contributed by atoms with E-state index in [4.69, 9.17) is 9.47 Å². The first kappa shape index (κ1) is 20.2. The zero-order valence-corrected chi connectivity index (χ0v) is 18.2. The Balaban J connectivity index is 1.11. The van der Waals surface area contributed by atoms with Crippen molar-refractivity contribution in [3.05, 3.63) is 24.3 Å².